The molecule has 2 unspecified atom stereocenters. The number of tetrazole rings is 1. The van der Waals surface area contributed by atoms with E-state index in [4.69, 9.17) is 5.11 Å². The Bertz CT molecular complexity index is 1130. The van der Waals surface area contributed by atoms with E-state index < -0.39 is 18.2 Å². The van der Waals surface area contributed by atoms with E-state index in [1.165, 1.54) is 22.9 Å². The van der Waals surface area contributed by atoms with Gasteiger partial charge in [-0.2, -0.15) is 0 Å². The molecule has 3 aromatic rings. The van der Waals surface area contributed by atoms with Crippen molar-refractivity contribution >= 4 is 17.1 Å². The van der Waals surface area contributed by atoms with E-state index in [0.717, 1.165) is 16.7 Å². The molecular weight excluding hydrogens is 427 g/mol. The Morgan fingerprint density at radius 3 is 2.36 bits per heavy atom. The maximum atomic E-state index is 13.6. The normalized spacial score (nSPS) is 14.2. The van der Waals surface area contributed by atoms with Gasteiger partial charge in [-0.3, -0.25) is 4.79 Å². The zero-order chi connectivity index (χ0) is 23.8. The van der Waals surface area contributed by atoms with Gasteiger partial charge in [-0.25, -0.2) is 9.07 Å². The van der Waals surface area contributed by atoms with Crippen LogP contribution in [0.2, 0.25) is 0 Å². The summed E-state index contributed by atoms with van der Waals surface area (Å²) in [5, 5.41) is 40.9. The summed E-state index contributed by atoms with van der Waals surface area (Å²) in [4.78, 5) is 10.7. The highest BCUT2D eigenvalue weighted by molar-refractivity contribution is 6.00. The minimum atomic E-state index is -1.03. The third kappa shape index (κ3) is 6.64. The molecule has 3 rings (SSSR count). The van der Waals surface area contributed by atoms with Crippen LogP contribution in [0.15, 0.2) is 66.7 Å². The van der Waals surface area contributed by atoms with Crippen LogP contribution in [0.5, 0.6) is 0 Å². The van der Waals surface area contributed by atoms with Crippen LogP contribution in [0.1, 0.15) is 36.2 Å². The Kier molecular flexibility index (Phi) is 8.17. The van der Waals surface area contributed by atoms with E-state index in [9.17, 15) is 19.4 Å². The number of rotatable bonds is 10. The van der Waals surface area contributed by atoms with Crippen LogP contribution in [0.25, 0.3) is 11.1 Å². The molecule has 0 saturated heterocycles. The predicted octanol–water partition coefficient (Wildman–Crippen LogP) is 2.84. The number of carbonyl (C=O) groups is 1. The Labute approximate surface area is 190 Å². The highest BCUT2D eigenvalue weighted by atomic mass is 19.1. The van der Waals surface area contributed by atoms with Crippen LogP contribution in [0.4, 0.5) is 4.39 Å². The lowest BCUT2D eigenvalue weighted by atomic mass is 9.92. The highest BCUT2D eigenvalue weighted by Crippen LogP contribution is 2.32. The fourth-order valence-electron chi connectivity index (χ4n) is 3.40. The van der Waals surface area contributed by atoms with Gasteiger partial charge in [-0.1, -0.05) is 54.6 Å². The quantitative estimate of drug-likeness (QED) is 0.405. The molecule has 9 heteroatoms. The van der Waals surface area contributed by atoms with Crippen molar-refractivity contribution in [2.75, 3.05) is 0 Å². The van der Waals surface area contributed by atoms with Gasteiger partial charge in [0.1, 0.15) is 5.82 Å². The Morgan fingerprint density at radius 1 is 1.09 bits per heavy atom. The Balaban J connectivity index is 2.05. The molecule has 0 radical (unpaired) electrons. The number of hydrogen-bond acceptors (Lipinski definition) is 6. The van der Waals surface area contributed by atoms with Crippen LogP contribution in [0.3, 0.4) is 0 Å². The number of aliphatic carboxylic acids is 1. The lowest BCUT2D eigenvalue weighted by molar-refractivity contribution is -0.137. The average molecular weight is 452 g/mol. The van der Waals surface area contributed by atoms with Crippen LogP contribution in [0, 0.1) is 5.82 Å². The molecule has 0 aliphatic heterocycles. The molecule has 1 aromatic heterocycles. The van der Waals surface area contributed by atoms with Crippen molar-refractivity contribution in [3.8, 4) is 0 Å². The first kappa shape index (κ1) is 24.0. The van der Waals surface area contributed by atoms with Gasteiger partial charge >= 0.3 is 5.97 Å². The molecule has 0 spiro atoms. The maximum Gasteiger partial charge on any atom is 0.303 e. The summed E-state index contributed by atoms with van der Waals surface area (Å²) in [5.41, 5.74) is 2.87. The summed E-state index contributed by atoms with van der Waals surface area (Å²) in [6.07, 6.45) is 1.00. The average Bonchev–Trinajstić information content (AvgIpc) is 3.22. The van der Waals surface area contributed by atoms with Gasteiger partial charge in [0.15, 0.2) is 5.82 Å². The van der Waals surface area contributed by atoms with Gasteiger partial charge in [0.05, 0.1) is 12.2 Å². The van der Waals surface area contributed by atoms with E-state index in [0.29, 0.717) is 11.4 Å². The Morgan fingerprint density at radius 2 is 1.76 bits per heavy atom. The first-order chi connectivity index (χ1) is 15.8. The van der Waals surface area contributed by atoms with Gasteiger partial charge in [-0.05, 0) is 45.7 Å². The topological polar surface area (TPSA) is 121 Å². The minimum absolute atomic E-state index is 0.0225. The second kappa shape index (κ2) is 11.3. The molecule has 0 aliphatic carbocycles. The van der Waals surface area contributed by atoms with Gasteiger partial charge < -0.3 is 15.3 Å². The van der Waals surface area contributed by atoms with Gasteiger partial charge in [0, 0.05) is 25.5 Å². The zero-order valence-corrected chi connectivity index (χ0v) is 18.0. The molecule has 0 bridgehead atoms. The molecule has 0 fully saturated rings. The van der Waals surface area contributed by atoms with Crippen LogP contribution in [-0.2, 0) is 11.8 Å². The lowest BCUT2D eigenvalue weighted by Gasteiger charge is -2.15. The molecule has 172 valence electrons. The number of aryl methyl sites for hydroxylation is 1. The molecular formula is C24H25FN4O4. The monoisotopic (exact) mass is 452 g/mol. The van der Waals surface area contributed by atoms with Crippen molar-refractivity contribution in [1.29, 1.82) is 0 Å². The molecule has 2 atom stereocenters. The number of nitrogens with zero attached hydrogens (tertiary/aromatic N) is 4. The number of aliphatic hydroxyl groups is 2. The SMILES string of the molecule is Cn1nnnc1C(C=CC(O)CC(O)CCC(=O)O)=C(c1ccccc1)c1ccc(F)cc1. The van der Waals surface area contributed by atoms with Crippen LogP contribution >= 0.6 is 0 Å². The van der Waals surface area contributed by atoms with Crippen molar-refractivity contribution in [3.63, 3.8) is 0 Å². The molecule has 3 N–H and O–H groups in total. The van der Waals surface area contributed by atoms with Gasteiger partial charge in [0.2, 0.25) is 0 Å². The number of carboxylic acids is 1. The highest BCUT2D eigenvalue weighted by Gasteiger charge is 2.18. The van der Waals surface area contributed by atoms with E-state index >= 15 is 0 Å². The van der Waals surface area contributed by atoms with Crippen molar-refractivity contribution in [2.45, 2.75) is 31.5 Å². The number of allylic oxidation sites excluding steroid dienone is 2. The molecule has 0 aliphatic rings. The van der Waals surface area contributed by atoms with E-state index in [1.807, 2.05) is 30.3 Å². The molecule has 0 saturated carbocycles. The number of benzene rings is 2. The first-order valence-electron chi connectivity index (χ1n) is 10.4. The summed E-state index contributed by atoms with van der Waals surface area (Å²) in [7, 11) is 1.68. The van der Waals surface area contributed by atoms with E-state index in [2.05, 4.69) is 15.5 Å². The lowest BCUT2D eigenvalue weighted by Crippen LogP contribution is -2.17. The van der Waals surface area contributed by atoms with Crippen molar-refractivity contribution < 1.29 is 24.5 Å². The number of carboxylic acid groups (broad SMARTS) is 1. The summed E-state index contributed by atoms with van der Waals surface area (Å²) in [6, 6.07) is 15.5. The number of hydrogen-bond donors (Lipinski definition) is 3. The predicted molar refractivity (Wildman–Crippen MR) is 120 cm³/mol. The second-order valence-electron chi connectivity index (χ2n) is 7.54. The molecule has 0 amide bonds. The molecule has 2 aromatic carbocycles. The fourth-order valence-corrected chi connectivity index (χ4v) is 3.40. The largest absolute Gasteiger partial charge is 0.481 e. The smallest absolute Gasteiger partial charge is 0.303 e. The summed E-state index contributed by atoms with van der Waals surface area (Å²) >= 11 is 0. The number of aliphatic hydroxyl groups excluding tert-OH is 2. The molecule has 33 heavy (non-hydrogen) atoms. The van der Waals surface area contributed by atoms with Crippen LogP contribution < -0.4 is 0 Å². The standard InChI is InChI=1S/C24H25FN4O4/c1-29-24(26-27-28-29)21(13-11-19(30)15-20(31)12-14-22(32)33)23(16-5-3-2-4-6-16)17-7-9-18(25)10-8-17/h2-11,13,19-20,30-31H,12,14-15H2,1H3,(H,32,33). The maximum absolute atomic E-state index is 13.6. The number of halogens is 1. The van der Waals surface area contributed by atoms with Crippen LogP contribution in [-0.4, -0.2) is 53.7 Å². The van der Waals surface area contributed by atoms with Crippen molar-refractivity contribution in [2.24, 2.45) is 7.05 Å². The molecule has 8 nitrogen and oxygen atoms in total. The number of aromatic nitrogens is 4. The summed E-state index contributed by atoms with van der Waals surface area (Å²) in [5.74, 6) is -0.951. The zero-order valence-electron chi connectivity index (χ0n) is 18.0. The Hall–Kier alpha value is -3.69. The van der Waals surface area contributed by atoms with Crippen molar-refractivity contribution in [1.82, 2.24) is 20.2 Å². The fraction of sp³-hybridized carbons (Fsp3) is 0.250. The van der Waals surface area contributed by atoms with Gasteiger partial charge in [0.25, 0.3) is 0 Å². The first-order valence-corrected chi connectivity index (χ1v) is 10.4. The third-order valence-corrected chi connectivity index (χ3v) is 5.02. The summed E-state index contributed by atoms with van der Waals surface area (Å²) in [6.45, 7) is 0. The van der Waals surface area contributed by atoms with Gasteiger partial charge in [-0.15, -0.1) is 5.10 Å². The summed E-state index contributed by atoms with van der Waals surface area (Å²) < 4.78 is 15.1. The van der Waals surface area contributed by atoms with Crippen molar-refractivity contribution in [3.05, 3.63) is 89.5 Å². The third-order valence-electron chi connectivity index (χ3n) is 5.02. The minimum Gasteiger partial charge on any atom is -0.481 e. The second-order valence-corrected chi connectivity index (χ2v) is 7.54. The molecule has 1 heterocycles. The van der Waals surface area contributed by atoms with E-state index in [1.54, 1.807) is 25.3 Å². The van der Waals surface area contributed by atoms with E-state index in [-0.39, 0.29) is 25.1 Å².